The van der Waals surface area contributed by atoms with Gasteiger partial charge in [-0.3, -0.25) is 0 Å². The molecular weight excluding hydrogens is 354 g/mol. The Kier molecular flexibility index (Phi) is 5.12. The van der Waals surface area contributed by atoms with E-state index in [1.165, 1.54) is 35.2 Å². The monoisotopic (exact) mass is 370 g/mol. The van der Waals surface area contributed by atoms with Crippen LogP contribution in [0.2, 0.25) is 0 Å². The smallest absolute Gasteiger partial charge is 0.137 e. The first kappa shape index (κ1) is 17.2. The molecule has 0 amide bonds. The minimum Gasteiger partial charge on any atom is -0.382 e. The molecule has 5 nitrogen and oxygen atoms in total. The zero-order chi connectivity index (χ0) is 17.2. The number of aromatic nitrogens is 3. The van der Waals surface area contributed by atoms with Crippen molar-refractivity contribution in [3.05, 3.63) is 48.1 Å². The molecule has 3 rings (SSSR count). The molecule has 0 spiro atoms. The molecule has 1 heterocycles. The Labute approximate surface area is 147 Å². The van der Waals surface area contributed by atoms with Gasteiger partial charge in [0.05, 0.1) is 6.54 Å². The summed E-state index contributed by atoms with van der Waals surface area (Å²) in [6, 6.07) is 3.53. The molecule has 2 aromatic rings. The largest absolute Gasteiger partial charge is 0.382 e. The maximum Gasteiger partial charge on any atom is 0.137 e. The van der Waals surface area contributed by atoms with Crippen LogP contribution in [0, 0.1) is 11.6 Å². The van der Waals surface area contributed by atoms with Crippen LogP contribution in [-0.2, 0) is 12.1 Å². The Balaban J connectivity index is 1.80. The number of aliphatic hydroxyl groups is 1. The first-order valence-electron chi connectivity index (χ1n) is 7.40. The van der Waals surface area contributed by atoms with Crippen molar-refractivity contribution in [2.45, 2.75) is 31.0 Å². The molecular formula is C15H16F2N4OS2. The van der Waals surface area contributed by atoms with Gasteiger partial charge in [0.2, 0.25) is 0 Å². The summed E-state index contributed by atoms with van der Waals surface area (Å²) >= 11 is 6.47. The lowest BCUT2D eigenvalue weighted by Gasteiger charge is -2.28. The molecule has 1 aromatic carbocycles. The van der Waals surface area contributed by atoms with E-state index in [2.05, 4.69) is 15.4 Å². The van der Waals surface area contributed by atoms with Crippen LogP contribution >= 0.6 is 24.0 Å². The molecule has 0 bridgehead atoms. The van der Waals surface area contributed by atoms with E-state index in [0.717, 1.165) is 25.0 Å². The van der Waals surface area contributed by atoms with Crippen molar-refractivity contribution in [3.8, 4) is 0 Å². The fourth-order valence-electron chi connectivity index (χ4n) is 2.28. The molecule has 2 N–H and O–H groups in total. The third-order valence-corrected chi connectivity index (χ3v) is 5.14. The molecule has 1 atom stereocenters. The van der Waals surface area contributed by atoms with Crippen LogP contribution in [0.1, 0.15) is 18.4 Å². The standard InChI is InChI=1S/C15H16F2N4OS2/c16-10-1-4-12(13(17)5-10)15(22,6-21-9-18-8-19-21)7-24-14(23)20-11-2-3-11/h1,4-5,8-9,11,22H,2-3,6-7H2,(H,20,23). The fourth-order valence-corrected chi connectivity index (χ4v) is 3.49. The fraction of sp³-hybridized carbons (Fsp3) is 0.400. The van der Waals surface area contributed by atoms with Gasteiger partial charge in [0, 0.05) is 23.4 Å². The molecule has 24 heavy (non-hydrogen) atoms. The van der Waals surface area contributed by atoms with Crippen LogP contribution in [0.3, 0.4) is 0 Å². The summed E-state index contributed by atoms with van der Waals surface area (Å²) in [4.78, 5) is 3.82. The first-order chi connectivity index (χ1) is 11.5. The lowest BCUT2D eigenvalue weighted by molar-refractivity contribution is 0.0362. The van der Waals surface area contributed by atoms with Gasteiger partial charge in [0.15, 0.2) is 0 Å². The Bertz CT molecular complexity index is 724. The summed E-state index contributed by atoms with van der Waals surface area (Å²) < 4.78 is 29.4. The quantitative estimate of drug-likeness (QED) is 0.761. The second-order valence-electron chi connectivity index (χ2n) is 5.74. The van der Waals surface area contributed by atoms with Gasteiger partial charge in [-0.25, -0.2) is 18.4 Å². The van der Waals surface area contributed by atoms with Gasteiger partial charge in [0.25, 0.3) is 0 Å². The summed E-state index contributed by atoms with van der Waals surface area (Å²) in [6.07, 6.45) is 4.92. The number of thiocarbonyl (C=S) groups is 1. The molecule has 1 aliphatic rings. The molecule has 1 saturated carbocycles. The third kappa shape index (κ3) is 4.28. The van der Waals surface area contributed by atoms with Crippen LogP contribution in [0.15, 0.2) is 30.9 Å². The second-order valence-corrected chi connectivity index (χ2v) is 7.40. The highest BCUT2D eigenvalue weighted by atomic mass is 32.2. The van der Waals surface area contributed by atoms with Gasteiger partial charge < -0.3 is 10.4 Å². The molecule has 1 fully saturated rings. The van der Waals surface area contributed by atoms with Gasteiger partial charge in [-0.05, 0) is 18.9 Å². The first-order valence-corrected chi connectivity index (χ1v) is 8.79. The van der Waals surface area contributed by atoms with Crippen molar-refractivity contribution in [1.82, 2.24) is 20.1 Å². The van der Waals surface area contributed by atoms with Crippen molar-refractivity contribution in [2.75, 3.05) is 5.75 Å². The number of hydrogen-bond donors (Lipinski definition) is 2. The molecule has 1 aliphatic carbocycles. The summed E-state index contributed by atoms with van der Waals surface area (Å²) in [7, 11) is 0. The predicted octanol–water partition coefficient (Wildman–Crippen LogP) is 2.21. The highest BCUT2D eigenvalue weighted by Crippen LogP contribution is 2.31. The van der Waals surface area contributed by atoms with Crippen molar-refractivity contribution in [3.63, 3.8) is 0 Å². The molecule has 1 aromatic heterocycles. The maximum absolute atomic E-state index is 14.2. The second kappa shape index (κ2) is 7.12. The van der Waals surface area contributed by atoms with Gasteiger partial charge in [-0.1, -0.05) is 30.0 Å². The Morgan fingerprint density at radius 1 is 1.46 bits per heavy atom. The van der Waals surface area contributed by atoms with Crippen LogP contribution in [-0.4, -0.2) is 36.0 Å². The van der Waals surface area contributed by atoms with Crippen molar-refractivity contribution in [2.24, 2.45) is 0 Å². The van der Waals surface area contributed by atoms with Gasteiger partial charge in [-0.15, -0.1) is 0 Å². The minimum atomic E-state index is -1.61. The van der Waals surface area contributed by atoms with Crippen LogP contribution in [0.25, 0.3) is 0 Å². The van der Waals surface area contributed by atoms with Gasteiger partial charge in [0.1, 0.15) is 34.2 Å². The highest BCUT2D eigenvalue weighted by Gasteiger charge is 2.34. The average molecular weight is 370 g/mol. The molecule has 0 radical (unpaired) electrons. The maximum atomic E-state index is 14.2. The van der Waals surface area contributed by atoms with E-state index in [0.29, 0.717) is 10.4 Å². The van der Waals surface area contributed by atoms with E-state index >= 15 is 0 Å². The average Bonchev–Trinajstić information content (AvgIpc) is 3.19. The Morgan fingerprint density at radius 2 is 2.25 bits per heavy atom. The van der Waals surface area contributed by atoms with E-state index in [4.69, 9.17) is 12.2 Å². The normalized spacial score (nSPS) is 16.6. The lowest BCUT2D eigenvalue weighted by atomic mass is 9.95. The van der Waals surface area contributed by atoms with Crippen molar-refractivity contribution >= 4 is 28.3 Å². The number of benzene rings is 1. The molecule has 9 heteroatoms. The van der Waals surface area contributed by atoms with Gasteiger partial charge >= 0.3 is 0 Å². The Morgan fingerprint density at radius 3 is 2.88 bits per heavy atom. The molecule has 0 saturated heterocycles. The highest BCUT2D eigenvalue weighted by molar-refractivity contribution is 8.23. The Hall–Kier alpha value is -1.58. The lowest BCUT2D eigenvalue weighted by Crippen LogP contribution is -2.37. The minimum absolute atomic E-state index is 0.00104. The molecule has 0 aliphatic heterocycles. The number of thioether (sulfide) groups is 1. The zero-order valence-electron chi connectivity index (χ0n) is 12.7. The van der Waals surface area contributed by atoms with Crippen LogP contribution in [0.4, 0.5) is 8.78 Å². The van der Waals surface area contributed by atoms with E-state index in [1.807, 2.05) is 0 Å². The van der Waals surface area contributed by atoms with E-state index in [1.54, 1.807) is 0 Å². The summed E-state index contributed by atoms with van der Waals surface area (Å²) in [5, 5.41) is 18.2. The van der Waals surface area contributed by atoms with Crippen molar-refractivity contribution in [1.29, 1.82) is 0 Å². The third-order valence-electron chi connectivity index (χ3n) is 3.66. The number of rotatable bonds is 6. The zero-order valence-corrected chi connectivity index (χ0v) is 14.3. The van der Waals surface area contributed by atoms with E-state index in [9.17, 15) is 13.9 Å². The predicted molar refractivity (Wildman–Crippen MR) is 91.5 cm³/mol. The van der Waals surface area contributed by atoms with Crippen LogP contribution < -0.4 is 5.32 Å². The summed E-state index contributed by atoms with van der Waals surface area (Å²) in [6.45, 7) is -0.0193. The number of nitrogens with one attached hydrogen (secondary N) is 1. The van der Waals surface area contributed by atoms with Crippen LogP contribution in [0.5, 0.6) is 0 Å². The van der Waals surface area contributed by atoms with E-state index in [-0.39, 0.29) is 17.9 Å². The summed E-state index contributed by atoms with van der Waals surface area (Å²) in [5.41, 5.74) is -1.60. The molecule has 1 unspecified atom stereocenters. The summed E-state index contributed by atoms with van der Waals surface area (Å²) in [5.74, 6) is -1.40. The van der Waals surface area contributed by atoms with E-state index < -0.39 is 17.2 Å². The topological polar surface area (TPSA) is 63.0 Å². The van der Waals surface area contributed by atoms with Gasteiger partial charge in [-0.2, -0.15) is 5.10 Å². The molecule has 128 valence electrons. The number of nitrogens with zero attached hydrogens (tertiary/aromatic N) is 3. The SMILES string of the molecule is OC(CSC(=S)NC1CC1)(Cn1cncn1)c1ccc(F)cc1F. The number of halogens is 2. The number of hydrogen-bond acceptors (Lipinski definition) is 5. The van der Waals surface area contributed by atoms with Crippen molar-refractivity contribution < 1.29 is 13.9 Å².